The molecule has 0 aliphatic heterocycles. The van der Waals surface area contributed by atoms with E-state index >= 15 is 0 Å². The Bertz CT molecular complexity index is 854. The Kier molecular flexibility index (Phi) is 4.57. The zero-order valence-corrected chi connectivity index (χ0v) is 14.0. The van der Waals surface area contributed by atoms with Gasteiger partial charge in [0.05, 0.1) is 15.2 Å². The monoisotopic (exact) mass is 339 g/mol. The molecule has 0 fully saturated rings. The lowest BCUT2D eigenvalue weighted by Gasteiger charge is -2.12. The highest BCUT2D eigenvalue weighted by atomic mass is 32.1. The lowest BCUT2D eigenvalue weighted by atomic mass is 10.1. The molecule has 0 saturated heterocycles. The van der Waals surface area contributed by atoms with Crippen molar-refractivity contribution in [2.75, 3.05) is 0 Å². The molecule has 3 aromatic rings. The summed E-state index contributed by atoms with van der Waals surface area (Å²) in [6, 6.07) is 14.2. The summed E-state index contributed by atoms with van der Waals surface area (Å²) in [5, 5.41) is 3.94. The van der Waals surface area contributed by atoms with Crippen LogP contribution in [-0.2, 0) is 6.42 Å². The summed E-state index contributed by atoms with van der Waals surface area (Å²) >= 11 is 1.64. The van der Waals surface area contributed by atoms with Crippen molar-refractivity contribution in [2.24, 2.45) is 5.73 Å². The van der Waals surface area contributed by atoms with Crippen LogP contribution in [0.5, 0.6) is 0 Å². The molecule has 122 valence electrons. The van der Waals surface area contributed by atoms with E-state index in [1.165, 1.54) is 0 Å². The molecule has 0 aliphatic rings. The SMILES string of the molecule is C[C@@H](Cc1nc2ccccc2s1)NC(=O)c1ccc(C(N)=O)cc1. The number of para-hydroxylation sites is 1. The van der Waals surface area contributed by atoms with Crippen molar-refractivity contribution >= 4 is 33.4 Å². The standard InChI is InChI=1S/C18H17N3O2S/c1-11(10-16-21-14-4-2-3-5-15(14)24-16)20-18(23)13-8-6-12(7-9-13)17(19)22/h2-9,11H,10H2,1H3,(H2,19,22)(H,20,23)/t11-/m0/s1. The van der Waals surface area contributed by atoms with Crippen molar-refractivity contribution in [1.29, 1.82) is 0 Å². The van der Waals surface area contributed by atoms with E-state index in [2.05, 4.69) is 10.3 Å². The Morgan fingerprint density at radius 3 is 2.46 bits per heavy atom. The van der Waals surface area contributed by atoms with E-state index in [4.69, 9.17) is 5.73 Å². The molecule has 2 amide bonds. The largest absolute Gasteiger partial charge is 0.366 e. The predicted molar refractivity (Wildman–Crippen MR) is 95.2 cm³/mol. The summed E-state index contributed by atoms with van der Waals surface area (Å²) in [5.74, 6) is -0.689. The van der Waals surface area contributed by atoms with Crippen molar-refractivity contribution in [3.63, 3.8) is 0 Å². The third-order valence-electron chi connectivity index (χ3n) is 3.63. The molecule has 0 spiro atoms. The van der Waals surface area contributed by atoms with Crippen LogP contribution in [0.3, 0.4) is 0 Å². The molecule has 0 saturated carbocycles. The maximum atomic E-state index is 12.3. The third-order valence-corrected chi connectivity index (χ3v) is 4.69. The maximum absolute atomic E-state index is 12.3. The second-order valence-corrected chi connectivity index (χ2v) is 6.71. The summed E-state index contributed by atoms with van der Waals surface area (Å²) in [4.78, 5) is 27.9. The van der Waals surface area contributed by atoms with Gasteiger partial charge in [-0.3, -0.25) is 9.59 Å². The highest BCUT2D eigenvalue weighted by Crippen LogP contribution is 2.22. The van der Waals surface area contributed by atoms with Gasteiger partial charge in [0.1, 0.15) is 0 Å². The number of carbonyl (C=O) groups excluding carboxylic acids is 2. The van der Waals surface area contributed by atoms with Gasteiger partial charge in [-0.2, -0.15) is 0 Å². The summed E-state index contributed by atoms with van der Waals surface area (Å²) in [7, 11) is 0. The molecule has 5 nitrogen and oxygen atoms in total. The first kappa shape index (κ1) is 16.1. The Labute approximate surface area is 143 Å². The number of amides is 2. The van der Waals surface area contributed by atoms with E-state index in [1.807, 2.05) is 31.2 Å². The Morgan fingerprint density at radius 2 is 1.79 bits per heavy atom. The quantitative estimate of drug-likeness (QED) is 0.749. The highest BCUT2D eigenvalue weighted by Gasteiger charge is 2.13. The number of benzene rings is 2. The minimum atomic E-state index is -0.508. The van der Waals surface area contributed by atoms with Crippen molar-refractivity contribution in [3.8, 4) is 0 Å². The number of carbonyl (C=O) groups is 2. The maximum Gasteiger partial charge on any atom is 0.251 e. The average Bonchev–Trinajstić information content (AvgIpc) is 2.96. The number of nitrogens with zero attached hydrogens (tertiary/aromatic N) is 1. The third kappa shape index (κ3) is 3.60. The lowest BCUT2D eigenvalue weighted by molar-refractivity contribution is 0.0937. The van der Waals surface area contributed by atoms with Crippen LogP contribution in [-0.4, -0.2) is 22.8 Å². The number of nitrogens with two attached hydrogens (primary N) is 1. The summed E-state index contributed by atoms with van der Waals surface area (Å²) in [6.45, 7) is 1.95. The zero-order valence-electron chi connectivity index (χ0n) is 13.2. The normalized spacial score (nSPS) is 12.0. The Hall–Kier alpha value is -2.73. The number of hydrogen-bond donors (Lipinski definition) is 2. The van der Waals surface area contributed by atoms with Gasteiger partial charge in [-0.15, -0.1) is 11.3 Å². The molecular formula is C18H17N3O2S. The number of fused-ring (bicyclic) bond motifs is 1. The number of primary amides is 1. The number of aromatic nitrogens is 1. The van der Waals surface area contributed by atoms with Gasteiger partial charge in [0, 0.05) is 23.6 Å². The van der Waals surface area contributed by atoms with Gasteiger partial charge in [0.15, 0.2) is 0 Å². The zero-order chi connectivity index (χ0) is 17.1. The van der Waals surface area contributed by atoms with Gasteiger partial charge in [-0.1, -0.05) is 12.1 Å². The van der Waals surface area contributed by atoms with E-state index in [0.717, 1.165) is 15.2 Å². The van der Waals surface area contributed by atoms with Crippen LogP contribution in [0, 0.1) is 0 Å². The first-order valence-electron chi connectivity index (χ1n) is 7.58. The second-order valence-electron chi connectivity index (χ2n) is 5.60. The van der Waals surface area contributed by atoms with Crippen LogP contribution >= 0.6 is 11.3 Å². The summed E-state index contributed by atoms with van der Waals surface area (Å²) < 4.78 is 1.15. The molecular weight excluding hydrogens is 322 g/mol. The van der Waals surface area contributed by atoms with Gasteiger partial charge in [0.2, 0.25) is 5.91 Å². The van der Waals surface area contributed by atoms with E-state index in [9.17, 15) is 9.59 Å². The van der Waals surface area contributed by atoms with Gasteiger partial charge in [0.25, 0.3) is 5.91 Å². The van der Waals surface area contributed by atoms with Crippen molar-refractivity contribution < 1.29 is 9.59 Å². The molecule has 1 heterocycles. The van der Waals surface area contributed by atoms with Crippen LogP contribution in [0.4, 0.5) is 0 Å². The predicted octanol–water partition coefficient (Wildman–Crippen LogP) is 2.76. The van der Waals surface area contributed by atoms with E-state index < -0.39 is 5.91 Å². The first-order valence-corrected chi connectivity index (χ1v) is 8.40. The Morgan fingerprint density at radius 1 is 1.12 bits per heavy atom. The fraction of sp³-hybridized carbons (Fsp3) is 0.167. The molecule has 2 aromatic carbocycles. The van der Waals surface area contributed by atoms with E-state index in [-0.39, 0.29) is 11.9 Å². The number of nitrogens with one attached hydrogen (secondary N) is 1. The molecule has 0 bridgehead atoms. The molecule has 6 heteroatoms. The van der Waals surface area contributed by atoms with Crippen LogP contribution < -0.4 is 11.1 Å². The van der Waals surface area contributed by atoms with Crippen molar-refractivity contribution in [2.45, 2.75) is 19.4 Å². The van der Waals surface area contributed by atoms with E-state index in [1.54, 1.807) is 35.6 Å². The van der Waals surface area contributed by atoms with Crippen LogP contribution in [0.2, 0.25) is 0 Å². The number of rotatable bonds is 5. The molecule has 3 N–H and O–H groups in total. The molecule has 1 atom stereocenters. The highest BCUT2D eigenvalue weighted by molar-refractivity contribution is 7.18. The van der Waals surface area contributed by atoms with Crippen LogP contribution in [0.1, 0.15) is 32.6 Å². The smallest absolute Gasteiger partial charge is 0.251 e. The van der Waals surface area contributed by atoms with Crippen LogP contribution in [0.15, 0.2) is 48.5 Å². The molecule has 1 aromatic heterocycles. The van der Waals surface area contributed by atoms with Crippen molar-refractivity contribution in [3.05, 3.63) is 64.7 Å². The second kappa shape index (κ2) is 6.80. The fourth-order valence-electron chi connectivity index (χ4n) is 2.41. The molecule has 24 heavy (non-hydrogen) atoms. The number of thiazole rings is 1. The minimum Gasteiger partial charge on any atom is -0.366 e. The van der Waals surface area contributed by atoms with Crippen LogP contribution in [0.25, 0.3) is 10.2 Å². The van der Waals surface area contributed by atoms with Gasteiger partial charge in [-0.05, 0) is 43.3 Å². The average molecular weight is 339 g/mol. The number of hydrogen-bond acceptors (Lipinski definition) is 4. The Balaban J connectivity index is 1.64. The molecule has 3 rings (SSSR count). The van der Waals surface area contributed by atoms with Gasteiger partial charge < -0.3 is 11.1 Å². The minimum absolute atomic E-state index is 0.0473. The van der Waals surface area contributed by atoms with E-state index in [0.29, 0.717) is 17.5 Å². The first-order chi connectivity index (χ1) is 11.5. The molecule has 0 aliphatic carbocycles. The van der Waals surface area contributed by atoms with Gasteiger partial charge in [-0.25, -0.2) is 4.98 Å². The summed E-state index contributed by atoms with van der Waals surface area (Å²) in [6.07, 6.45) is 0.671. The fourth-order valence-corrected chi connectivity index (χ4v) is 3.51. The lowest BCUT2D eigenvalue weighted by Crippen LogP contribution is -2.34. The van der Waals surface area contributed by atoms with Crippen molar-refractivity contribution in [1.82, 2.24) is 10.3 Å². The molecule has 0 radical (unpaired) electrons. The summed E-state index contributed by atoms with van der Waals surface area (Å²) in [5.41, 5.74) is 7.06. The van der Waals surface area contributed by atoms with Gasteiger partial charge >= 0.3 is 0 Å². The molecule has 0 unspecified atom stereocenters. The topological polar surface area (TPSA) is 85.1 Å².